The van der Waals surface area contributed by atoms with Crippen molar-refractivity contribution < 1.29 is 14.6 Å². The topological polar surface area (TPSA) is 82.3 Å². The van der Waals surface area contributed by atoms with Crippen molar-refractivity contribution in [1.29, 1.82) is 5.26 Å². The number of rotatable bonds is 6. The van der Waals surface area contributed by atoms with Crippen molar-refractivity contribution in [3.05, 3.63) is 65.2 Å². The number of hydrogen-bond acceptors (Lipinski definition) is 4. The molecule has 0 aliphatic heterocycles. The molecule has 1 amide bonds. The van der Waals surface area contributed by atoms with Gasteiger partial charge in [-0.2, -0.15) is 5.26 Å². The van der Waals surface area contributed by atoms with E-state index in [1.165, 1.54) is 0 Å². The number of aliphatic hydroxyl groups is 1. The number of carbonyl (C=O) groups excluding carboxylic acids is 1. The van der Waals surface area contributed by atoms with Crippen LogP contribution >= 0.6 is 0 Å². The van der Waals surface area contributed by atoms with Crippen molar-refractivity contribution in [2.45, 2.75) is 31.5 Å². The maximum Gasteiger partial charge on any atom is 0.251 e. The standard InChI is InChI=1S/C20H20N2O3/c21-12-16-4-1-2-5-17(16)13-25-18-8-6-15(7-9-18)19(23)22-14-20(24)10-3-11-20/h1-2,4-9,24H,3,10-11,13-14H2,(H,22,23). The van der Waals surface area contributed by atoms with E-state index in [-0.39, 0.29) is 12.5 Å². The van der Waals surface area contributed by atoms with Crippen molar-refractivity contribution in [1.82, 2.24) is 5.32 Å². The third-order valence-electron chi connectivity index (χ3n) is 4.51. The van der Waals surface area contributed by atoms with Crippen LogP contribution < -0.4 is 10.1 Å². The highest BCUT2D eigenvalue weighted by molar-refractivity contribution is 5.94. The van der Waals surface area contributed by atoms with Crippen molar-refractivity contribution in [2.75, 3.05) is 6.54 Å². The number of amides is 1. The maximum absolute atomic E-state index is 12.1. The Balaban J connectivity index is 1.55. The van der Waals surface area contributed by atoms with Gasteiger partial charge < -0.3 is 15.2 Å². The third-order valence-corrected chi connectivity index (χ3v) is 4.51. The molecule has 128 valence electrons. The molecule has 0 heterocycles. The molecule has 2 N–H and O–H groups in total. The molecule has 1 aliphatic rings. The van der Waals surface area contributed by atoms with E-state index < -0.39 is 5.60 Å². The van der Waals surface area contributed by atoms with Gasteiger partial charge in [0.25, 0.3) is 5.91 Å². The van der Waals surface area contributed by atoms with Gasteiger partial charge >= 0.3 is 0 Å². The average molecular weight is 336 g/mol. The van der Waals surface area contributed by atoms with E-state index in [9.17, 15) is 9.90 Å². The van der Waals surface area contributed by atoms with Crippen LogP contribution in [0.15, 0.2) is 48.5 Å². The Hall–Kier alpha value is -2.84. The molecule has 1 fully saturated rings. The Kier molecular flexibility index (Phi) is 5.01. The molecule has 3 rings (SSSR count). The first-order valence-corrected chi connectivity index (χ1v) is 8.31. The Morgan fingerprint density at radius 3 is 2.56 bits per heavy atom. The van der Waals surface area contributed by atoms with Crippen LogP contribution in [0, 0.1) is 11.3 Å². The van der Waals surface area contributed by atoms with Gasteiger partial charge in [0, 0.05) is 17.7 Å². The fraction of sp³-hybridized carbons (Fsp3) is 0.300. The molecule has 25 heavy (non-hydrogen) atoms. The summed E-state index contributed by atoms with van der Waals surface area (Å²) in [4.78, 5) is 12.1. The molecule has 0 saturated heterocycles. The summed E-state index contributed by atoms with van der Waals surface area (Å²) in [5.41, 5.74) is 1.20. The molecule has 0 radical (unpaired) electrons. The number of hydrogen-bond donors (Lipinski definition) is 2. The summed E-state index contributed by atoms with van der Waals surface area (Å²) in [5.74, 6) is 0.420. The quantitative estimate of drug-likeness (QED) is 0.850. The minimum absolute atomic E-state index is 0.207. The van der Waals surface area contributed by atoms with Gasteiger partial charge in [0.1, 0.15) is 12.4 Å². The Morgan fingerprint density at radius 2 is 1.92 bits per heavy atom. The lowest BCUT2D eigenvalue weighted by atomic mass is 9.80. The van der Waals surface area contributed by atoms with Crippen LogP contribution in [0.25, 0.3) is 0 Å². The molecule has 0 atom stereocenters. The Morgan fingerprint density at radius 1 is 1.20 bits per heavy atom. The van der Waals surface area contributed by atoms with Gasteiger partial charge in [0.15, 0.2) is 0 Å². The van der Waals surface area contributed by atoms with Crippen molar-refractivity contribution in [2.24, 2.45) is 0 Å². The molecular formula is C20H20N2O3. The molecule has 5 heteroatoms. The number of nitriles is 1. The molecule has 0 bridgehead atoms. The molecule has 0 unspecified atom stereocenters. The summed E-state index contributed by atoms with van der Waals surface area (Å²) < 4.78 is 5.69. The maximum atomic E-state index is 12.1. The summed E-state index contributed by atoms with van der Waals surface area (Å²) in [6, 6.07) is 16.2. The van der Waals surface area contributed by atoms with Gasteiger partial charge in [-0.25, -0.2) is 0 Å². The van der Waals surface area contributed by atoms with E-state index in [1.54, 1.807) is 30.3 Å². The van der Waals surface area contributed by atoms with Crippen LogP contribution in [0.4, 0.5) is 0 Å². The smallest absolute Gasteiger partial charge is 0.251 e. The largest absolute Gasteiger partial charge is 0.489 e. The van der Waals surface area contributed by atoms with Crippen molar-refractivity contribution >= 4 is 5.91 Å². The zero-order chi connectivity index (χ0) is 17.7. The lowest BCUT2D eigenvalue weighted by Crippen LogP contribution is -2.47. The van der Waals surface area contributed by atoms with Crippen LogP contribution in [-0.4, -0.2) is 23.2 Å². The SMILES string of the molecule is N#Cc1ccccc1COc1ccc(C(=O)NCC2(O)CCC2)cc1. The fourth-order valence-corrected chi connectivity index (χ4v) is 2.73. The van der Waals surface area contributed by atoms with Gasteiger partial charge in [0.2, 0.25) is 0 Å². The van der Waals surface area contributed by atoms with Crippen LogP contribution in [0.2, 0.25) is 0 Å². The molecule has 5 nitrogen and oxygen atoms in total. The first kappa shape index (κ1) is 17.0. The lowest BCUT2D eigenvalue weighted by molar-refractivity contribution is -0.0300. The first-order chi connectivity index (χ1) is 12.1. The van der Waals surface area contributed by atoms with Crippen LogP contribution in [0.3, 0.4) is 0 Å². The second-order valence-corrected chi connectivity index (χ2v) is 6.34. The van der Waals surface area contributed by atoms with Gasteiger partial charge in [-0.1, -0.05) is 18.2 Å². The van der Waals surface area contributed by atoms with E-state index in [1.807, 2.05) is 18.2 Å². The van der Waals surface area contributed by atoms with Gasteiger partial charge in [0.05, 0.1) is 17.2 Å². The molecule has 1 aliphatic carbocycles. The second kappa shape index (κ2) is 7.37. The van der Waals surface area contributed by atoms with E-state index in [0.717, 1.165) is 24.8 Å². The average Bonchev–Trinajstić information content (AvgIpc) is 2.63. The normalized spacial score (nSPS) is 14.9. The molecule has 2 aromatic rings. The minimum atomic E-state index is -0.729. The number of nitrogens with zero attached hydrogens (tertiary/aromatic N) is 1. The summed E-state index contributed by atoms with van der Waals surface area (Å²) in [7, 11) is 0. The Bertz CT molecular complexity index is 789. The third kappa shape index (κ3) is 4.17. The van der Waals surface area contributed by atoms with Gasteiger partial charge in [-0.05, 0) is 49.6 Å². The molecule has 2 aromatic carbocycles. The van der Waals surface area contributed by atoms with E-state index in [4.69, 9.17) is 10.00 Å². The number of nitrogens with one attached hydrogen (secondary N) is 1. The van der Waals surface area contributed by atoms with Crippen LogP contribution in [-0.2, 0) is 6.61 Å². The highest BCUT2D eigenvalue weighted by Crippen LogP contribution is 2.30. The first-order valence-electron chi connectivity index (χ1n) is 8.31. The van der Waals surface area contributed by atoms with Crippen LogP contribution in [0.1, 0.15) is 40.7 Å². The minimum Gasteiger partial charge on any atom is -0.489 e. The fourth-order valence-electron chi connectivity index (χ4n) is 2.73. The van der Waals surface area contributed by atoms with E-state index >= 15 is 0 Å². The van der Waals surface area contributed by atoms with Crippen molar-refractivity contribution in [3.63, 3.8) is 0 Å². The predicted molar refractivity (Wildman–Crippen MR) is 93.1 cm³/mol. The zero-order valence-corrected chi connectivity index (χ0v) is 13.9. The van der Waals surface area contributed by atoms with E-state index in [0.29, 0.717) is 23.5 Å². The Labute approximate surface area is 146 Å². The summed E-state index contributed by atoms with van der Waals surface area (Å²) in [5, 5.41) is 21.9. The summed E-state index contributed by atoms with van der Waals surface area (Å²) in [6.45, 7) is 0.581. The predicted octanol–water partition coefficient (Wildman–Crippen LogP) is 2.78. The van der Waals surface area contributed by atoms with Gasteiger partial charge in [-0.3, -0.25) is 4.79 Å². The summed E-state index contributed by atoms with van der Waals surface area (Å²) in [6.07, 6.45) is 2.49. The zero-order valence-electron chi connectivity index (χ0n) is 13.9. The lowest BCUT2D eigenvalue weighted by Gasteiger charge is -2.36. The number of carbonyl (C=O) groups is 1. The highest BCUT2D eigenvalue weighted by Gasteiger charge is 2.34. The molecule has 1 saturated carbocycles. The van der Waals surface area contributed by atoms with E-state index in [2.05, 4.69) is 11.4 Å². The molecular weight excluding hydrogens is 316 g/mol. The second-order valence-electron chi connectivity index (χ2n) is 6.34. The number of ether oxygens (including phenoxy) is 1. The number of benzene rings is 2. The monoisotopic (exact) mass is 336 g/mol. The van der Waals surface area contributed by atoms with Crippen molar-refractivity contribution in [3.8, 4) is 11.8 Å². The summed E-state index contributed by atoms with van der Waals surface area (Å²) >= 11 is 0. The van der Waals surface area contributed by atoms with Crippen LogP contribution in [0.5, 0.6) is 5.75 Å². The van der Waals surface area contributed by atoms with Gasteiger partial charge in [-0.15, -0.1) is 0 Å². The molecule has 0 spiro atoms. The highest BCUT2D eigenvalue weighted by atomic mass is 16.5. The molecule has 0 aromatic heterocycles.